The molecule has 0 heterocycles. The van der Waals surface area contributed by atoms with Crippen LogP contribution in [0.5, 0.6) is 0 Å². The van der Waals surface area contributed by atoms with Crippen LogP contribution in [-0.4, -0.2) is 6.29 Å². The van der Waals surface area contributed by atoms with Gasteiger partial charge in [-0.25, -0.2) is 0 Å². The Hall–Kier alpha value is -1.60. The third kappa shape index (κ3) is 2.40. The highest BCUT2D eigenvalue weighted by Gasteiger charge is 2.14. The molecule has 0 radical (unpaired) electrons. The molecule has 0 spiro atoms. The first-order valence-corrected chi connectivity index (χ1v) is 5.91. The maximum atomic E-state index is 11.0. The zero-order valence-electron chi connectivity index (χ0n) is 9.56. The minimum atomic E-state index is -0.195. The van der Waals surface area contributed by atoms with Crippen LogP contribution in [0.2, 0.25) is 5.02 Å². The summed E-state index contributed by atoms with van der Waals surface area (Å²) in [7, 11) is 0. The van der Waals surface area contributed by atoms with Crippen LogP contribution in [0.15, 0.2) is 48.5 Å². The number of halogens is 1. The van der Waals surface area contributed by atoms with Crippen molar-refractivity contribution < 1.29 is 4.79 Å². The number of aldehydes is 1. The summed E-state index contributed by atoms with van der Waals surface area (Å²) >= 11 is 6.19. The van der Waals surface area contributed by atoms with E-state index in [-0.39, 0.29) is 5.92 Å². The number of benzene rings is 2. The molecule has 0 aliphatic rings. The first kappa shape index (κ1) is 11.9. The fourth-order valence-electron chi connectivity index (χ4n) is 1.94. The van der Waals surface area contributed by atoms with Gasteiger partial charge in [-0.3, -0.25) is 0 Å². The lowest BCUT2D eigenvalue weighted by molar-refractivity contribution is -0.108. The fourth-order valence-corrected chi connectivity index (χ4v) is 2.28. The highest BCUT2D eigenvalue weighted by molar-refractivity contribution is 6.32. The fraction of sp³-hybridized carbons (Fsp3) is 0.133. The topological polar surface area (TPSA) is 17.1 Å². The van der Waals surface area contributed by atoms with E-state index in [4.69, 9.17) is 11.6 Å². The Morgan fingerprint density at radius 1 is 1.06 bits per heavy atom. The standard InChI is InChI=1S/C15H13ClO/c1-11(10-17)15-13(8-5-9-14(15)16)12-6-3-2-4-7-12/h2-11H,1H3. The van der Waals surface area contributed by atoms with Gasteiger partial charge in [-0.15, -0.1) is 0 Å². The van der Waals surface area contributed by atoms with Crippen LogP contribution < -0.4 is 0 Å². The monoisotopic (exact) mass is 244 g/mol. The lowest BCUT2D eigenvalue weighted by Crippen LogP contribution is -1.98. The van der Waals surface area contributed by atoms with E-state index in [1.807, 2.05) is 55.5 Å². The number of hydrogen-bond donors (Lipinski definition) is 0. The molecule has 0 aliphatic carbocycles. The van der Waals surface area contributed by atoms with Crippen LogP contribution in [0.4, 0.5) is 0 Å². The molecule has 0 N–H and O–H groups in total. The molecule has 0 amide bonds. The molecule has 17 heavy (non-hydrogen) atoms. The molecule has 1 atom stereocenters. The summed E-state index contributed by atoms with van der Waals surface area (Å²) in [5.74, 6) is -0.195. The maximum Gasteiger partial charge on any atom is 0.127 e. The maximum absolute atomic E-state index is 11.0. The Kier molecular flexibility index (Phi) is 3.60. The third-order valence-electron chi connectivity index (χ3n) is 2.80. The molecule has 2 aromatic carbocycles. The van der Waals surface area contributed by atoms with Crippen molar-refractivity contribution in [3.8, 4) is 11.1 Å². The van der Waals surface area contributed by atoms with E-state index < -0.39 is 0 Å². The summed E-state index contributed by atoms with van der Waals surface area (Å²) in [5.41, 5.74) is 3.01. The predicted octanol–water partition coefficient (Wildman–Crippen LogP) is 4.31. The quantitative estimate of drug-likeness (QED) is 0.736. The second-order valence-electron chi connectivity index (χ2n) is 3.99. The molecule has 2 aromatic rings. The summed E-state index contributed by atoms with van der Waals surface area (Å²) in [6, 6.07) is 15.7. The number of carbonyl (C=O) groups is 1. The Morgan fingerprint density at radius 3 is 2.41 bits per heavy atom. The molecule has 86 valence electrons. The van der Waals surface area contributed by atoms with Crippen molar-refractivity contribution in [2.24, 2.45) is 0 Å². The van der Waals surface area contributed by atoms with E-state index in [0.717, 1.165) is 23.0 Å². The second-order valence-corrected chi connectivity index (χ2v) is 4.40. The van der Waals surface area contributed by atoms with Crippen molar-refractivity contribution in [3.05, 3.63) is 59.1 Å². The molecule has 0 saturated carbocycles. The highest BCUT2D eigenvalue weighted by atomic mass is 35.5. The zero-order valence-corrected chi connectivity index (χ0v) is 10.3. The van der Waals surface area contributed by atoms with Crippen LogP contribution in [0, 0.1) is 0 Å². The normalized spacial score (nSPS) is 12.1. The van der Waals surface area contributed by atoms with Gasteiger partial charge in [0.2, 0.25) is 0 Å². The van der Waals surface area contributed by atoms with Gasteiger partial charge in [0.1, 0.15) is 6.29 Å². The number of hydrogen-bond acceptors (Lipinski definition) is 1. The van der Waals surface area contributed by atoms with Crippen molar-refractivity contribution in [3.63, 3.8) is 0 Å². The number of carbonyl (C=O) groups excluding carboxylic acids is 1. The molecule has 0 aliphatic heterocycles. The van der Waals surface area contributed by atoms with Gasteiger partial charge in [0, 0.05) is 10.9 Å². The molecule has 1 unspecified atom stereocenters. The first-order chi connectivity index (χ1) is 8.24. The van der Waals surface area contributed by atoms with E-state index in [2.05, 4.69) is 0 Å². The first-order valence-electron chi connectivity index (χ1n) is 5.53. The smallest absolute Gasteiger partial charge is 0.127 e. The lowest BCUT2D eigenvalue weighted by Gasteiger charge is -2.13. The number of rotatable bonds is 3. The van der Waals surface area contributed by atoms with Crippen molar-refractivity contribution in [2.45, 2.75) is 12.8 Å². The van der Waals surface area contributed by atoms with Crippen LogP contribution in [-0.2, 0) is 4.79 Å². The predicted molar refractivity (Wildman–Crippen MR) is 71.4 cm³/mol. The molecule has 1 nitrogen and oxygen atoms in total. The molecule has 2 rings (SSSR count). The Morgan fingerprint density at radius 2 is 1.76 bits per heavy atom. The molecule has 0 saturated heterocycles. The molecular formula is C15H13ClO. The van der Waals surface area contributed by atoms with Crippen LogP contribution in [0.3, 0.4) is 0 Å². The van der Waals surface area contributed by atoms with Gasteiger partial charge >= 0.3 is 0 Å². The largest absolute Gasteiger partial charge is 0.303 e. The van der Waals surface area contributed by atoms with Crippen molar-refractivity contribution in [1.82, 2.24) is 0 Å². The lowest BCUT2D eigenvalue weighted by atomic mass is 9.92. The second kappa shape index (κ2) is 5.15. The summed E-state index contributed by atoms with van der Waals surface area (Å²) in [6.45, 7) is 1.86. The summed E-state index contributed by atoms with van der Waals surface area (Å²) in [4.78, 5) is 11.0. The third-order valence-corrected chi connectivity index (χ3v) is 3.13. The van der Waals surface area contributed by atoms with E-state index in [9.17, 15) is 4.79 Å². The summed E-state index contributed by atoms with van der Waals surface area (Å²) < 4.78 is 0. The Labute approximate surface area is 106 Å². The van der Waals surface area contributed by atoms with E-state index >= 15 is 0 Å². The molecule has 0 aromatic heterocycles. The van der Waals surface area contributed by atoms with Crippen LogP contribution in [0.1, 0.15) is 18.4 Å². The Bertz CT molecular complexity index is 520. The van der Waals surface area contributed by atoms with Crippen molar-refractivity contribution in [2.75, 3.05) is 0 Å². The van der Waals surface area contributed by atoms with Crippen LogP contribution in [0.25, 0.3) is 11.1 Å². The average Bonchev–Trinajstić information content (AvgIpc) is 2.38. The van der Waals surface area contributed by atoms with E-state index in [1.54, 1.807) is 0 Å². The zero-order chi connectivity index (χ0) is 12.3. The molecular weight excluding hydrogens is 232 g/mol. The van der Waals surface area contributed by atoms with Crippen molar-refractivity contribution >= 4 is 17.9 Å². The summed E-state index contributed by atoms with van der Waals surface area (Å²) in [6.07, 6.45) is 0.924. The van der Waals surface area contributed by atoms with Gasteiger partial charge in [0.15, 0.2) is 0 Å². The van der Waals surface area contributed by atoms with Crippen LogP contribution >= 0.6 is 11.6 Å². The molecule has 0 fully saturated rings. The van der Waals surface area contributed by atoms with E-state index in [1.165, 1.54) is 0 Å². The van der Waals surface area contributed by atoms with Gasteiger partial charge in [-0.2, -0.15) is 0 Å². The molecule has 2 heteroatoms. The molecule has 0 bridgehead atoms. The van der Waals surface area contributed by atoms with Gasteiger partial charge in [-0.1, -0.05) is 61.0 Å². The van der Waals surface area contributed by atoms with E-state index in [0.29, 0.717) is 5.02 Å². The minimum Gasteiger partial charge on any atom is -0.303 e. The van der Waals surface area contributed by atoms with Gasteiger partial charge < -0.3 is 4.79 Å². The SMILES string of the molecule is CC(C=O)c1c(Cl)cccc1-c1ccccc1. The minimum absolute atomic E-state index is 0.195. The average molecular weight is 245 g/mol. The van der Waals surface area contributed by atoms with Gasteiger partial charge in [0.05, 0.1) is 0 Å². The van der Waals surface area contributed by atoms with Gasteiger partial charge in [0.25, 0.3) is 0 Å². The highest BCUT2D eigenvalue weighted by Crippen LogP contribution is 2.33. The van der Waals surface area contributed by atoms with Crippen molar-refractivity contribution in [1.29, 1.82) is 0 Å². The Balaban J connectivity index is 2.62. The van der Waals surface area contributed by atoms with Gasteiger partial charge in [-0.05, 0) is 22.8 Å². The summed E-state index contributed by atoms with van der Waals surface area (Å²) in [5, 5.41) is 0.644.